The second kappa shape index (κ2) is 5.14. The van der Waals surface area contributed by atoms with Crippen molar-refractivity contribution < 1.29 is 0 Å². The van der Waals surface area contributed by atoms with Gasteiger partial charge >= 0.3 is 0 Å². The highest BCUT2D eigenvalue weighted by molar-refractivity contribution is 8.00. The molecule has 0 aliphatic carbocycles. The highest BCUT2D eigenvalue weighted by atomic mass is 35.5. The Morgan fingerprint density at radius 2 is 2.00 bits per heavy atom. The van der Waals surface area contributed by atoms with Gasteiger partial charge in [-0.25, -0.2) is 15.0 Å². The Balaban J connectivity index is 2.37. The SMILES string of the molecule is CSN(c1cccc(Cl)c1)c1ncncn1. The van der Waals surface area contributed by atoms with Gasteiger partial charge in [0.1, 0.15) is 12.7 Å². The molecular formula is C10H9ClN4S. The van der Waals surface area contributed by atoms with E-state index in [4.69, 9.17) is 11.6 Å². The van der Waals surface area contributed by atoms with Crippen molar-refractivity contribution in [1.29, 1.82) is 0 Å². The lowest BCUT2D eigenvalue weighted by Gasteiger charge is -2.18. The predicted molar refractivity (Wildman–Crippen MR) is 66.9 cm³/mol. The summed E-state index contributed by atoms with van der Waals surface area (Å²) < 4.78 is 1.88. The van der Waals surface area contributed by atoms with Gasteiger partial charge in [-0.1, -0.05) is 17.7 Å². The highest BCUT2D eigenvalue weighted by Gasteiger charge is 2.10. The summed E-state index contributed by atoms with van der Waals surface area (Å²) in [6.07, 6.45) is 4.89. The molecule has 0 radical (unpaired) electrons. The number of rotatable bonds is 3. The highest BCUT2D eigenvalue weighted by Crippen LogP contribution is 2.29. The van der Waals surface area contributed by atoms with E-state index < -0.39 is 0 Å². The van der Waals surface area contributed by atoms with E-state index in [1.165, 1.54) is 24.6 Å². The zero-order valence-electron chi connectivity index (χ0n) is 8.54. The van der Waals surface area contributed by atoms with Crippen LogP contribution in [0.5, 0.6) is 0 Å². The maximum absolute atomic E-state index is 5.94. The molecule has 1 heterocycles. The Bertz CT molecular complexity index is 465. The molecular weight excluding hydrogens is 244 g/mol. The summed E-state index contributed by atoms with van der Waals surface area (Å²) in [4.78, 5) is 12.0. The summed E-state index contributed by atoms with van der Waals surface area (Å²) in [7, 11) is 0. The Morgan fingerprint density at radius 3 is 2.62 bits per heavy atom. The van der Waals surface area contributed by atoms with Gasteiger partial charge in [0.05, 0.1) is 5.69 Å². The average molecular weight is 253 g/mol. The summed E-state index contributed by atoms with van der Waals surface area (Å²) in [5.41, 5.74) is 0.936. The van der Waals surface area contributed by atoms with Crippen LogP contribution in [0, 0.1) is 0 Å². The first kappa shape index (κ1) is 11.2. The first-order valence-electron chi connectivity index (χ1n) is 4.53. The van der Waals surface area contributed by atoms with E-state index in [1.807, 2.05) is 34.8 Å². The maximum atomic E-state index is 5.94. The molecule has 0 atom stereocenters. The molecule has 4 nitrogen and oxygen atoms in total. The second-order valence-corrected chi connectivity index (χ2v) is 4.06. The molecule has 0 bridgehead atoms. The quantitative estimate of drug-likeness (QED) is 0.786. The van der Waals surface area contributed by atoms with Crippen molar-refractivity contribution in [3.8, 4) is 0 Å². The van der Waals surface area contributed by atoms with E-state index in [0.717, 1.165) is 5.69 Å². The van der Waals surface area contributed by atoms with Crippen LogP contribution in [0.25, 0.3) is 0 Å². The minimum Gasteiger partial charge on any atom is -0.252 e. The summed E-state index contributed by atoms with van der Waals surface area (Å²) in [6.45, 7) is 0. The lowest BCUT2D eigenvalue weighted by Crippen LogP contribution is -2.09. The molecule has 0 N–H and O–H groups in total. The molecule has 6 heteroatoms. The van der Waals surface area contributed by atoms with Crippen LogP contribution >= 0.6 is 23.5 Å². The van der Waals surface area contributed by atoms with Gasteiger partial charge in [0, 0.05) is 11.3 Å². The van der Waals surface area contributed by atoms with Crippen LogP contribution in [0.15, 0.2) is 36.9 Å². The molecule has 1 aromatic heterocycles. The monoisotopic (exact) mass is 252 g/mol. The molecule has 16 heavy (non-hydrogen) atoms. The van der Waals surface area contributed by atoms with Gasteiger partial charge in [-0.2, -0.15) is 0 Å². The smallest absolute Gasteiger partial charge is 0.243 e. The third-order valence-corrected chi connectivity index (χ3v) is 2.86. The van der Waals surface area contributed by atoms with E-state index in [2.05, 4.69) is 15.0 Å². The molecule has 1 aromatic carbocycles. The molecule has 0 aliphatic rings. The molecule has 0 amide bonds. The van der Waals surface area contributed by atoms with Crippen molar-refractivity contribution in [2.24, 2.45) is 0 Å². The van der Waals surface area contributed by atoms with Crippen LogP contribution in [-0.4, -0.2) is 21.2 Å². The average Bonchev–Trinajstić information content (AvgIpc) is 2.31. The van der Waals surface area contributed by atoms with Gasteiger partial charge in [0.2, 0.25) is 5.95 Å². The lowest BCUT2D eigenvalue weighted by atomic mass is 10.3. The molecule has 82 valence electrons. The molecule has 2 rings (SSSR count). The first-order chi connectivity index (χ1) is 7.81. The summed E-state index contributed by atoms with van der Waals surface area (Å²) >= 11 is 7.45. The fourth-order valence-corrected chi connectivity index (χ4v) is 2.01. The third-order valence-electron chi connectivity index (χ3n) is 1.89. The summed E-state index contributed by atoms with van der Waals surface area (Å²) in [5, 5.41) is 0.686. The van der Waals surface area contributed by atoms with Gasteiger partial charge < -0.3 is 0 Å². The molecule has 0 saturated carbocycles. The van der Waals surface area contributed by atoms with Crippen LogP contribution in [-0.2, 0) is 0 Å². The van der Waals surface area contributed by atoms with Crippen LogP contribution in [0.1, 0.15) is 0 Å². The van der Waals surface area contributed by atoms with Crippen molar-refractivity contribution in [2.75, 3.05) is 10.6 Å². The minimum absolute atomic E-state index is 0.588. The summed E-state index contributed by atoms with van der Waals surface area (Å²) in [5.74, 6) is 0.588. The Morgan fingerprint density at radius 1 is 1.25 bits per heavy atom. The normalized spacial score (nSPS) is 10.1. The molecule has 0 spiro atoms. The number of aromatic nitrogens is 3. The van der Waals surface area contributed by atoms with Gasteiger partial charge in [-0.05, 0) is 30.1 Å². The van der Waals surface area contributed by atoms with Crippen molar-refractivity contribution in [3.63, 3.8) is 0 Å². The largest absolute Gasteiger partial charge is 0.252 e. The Hall–Kier alpha value is -1.33. The minimum atomic E-state index is 0.588. The van der Waals surface area contributed by atoms with Gasteiger partial charge in [-0.15, -0.1) is 0 Å². The van der Waals surface area contributed by atoms with Crippen LogP contribution < -0.4 is 4.31 Å². The zero-order valence-corrected chi connectivity index (χ0v) is 10.1. The number of halogens is 1. The lowest BCUT2D eigenvalue weighted by molar-refractivity contribution is 1.03. The van der Waals surface area contributed by atoms with Crippen LogP contribution in [0.3, 0.4) is 0 Å². The van der Waals surface area contributed by atoms with Gasteiger partial charge in [-0.3, -0.25) is 4.31 Å². The van der Waals surface area contributed by atoms with E-state index in [1.54, 1.807) is 0 Å². The molecule has 2 aromatic rings. The van der Waals surface area contributed by atoms with Crippen molar-refractivity contribution in [2.45, 2.75) is 0 Å². The fourth-order valence-electron chi connectivity index (χ4n) is 1.24. The zero-order chi connectivity index (χ0) is 11.4. The first-order valence-corrected chi connectivity index (χ1v) is 6.09. The maximum Gasteiger partial charge on any atom is 0.243 e. The fraction of sp³-hybridized carbons (Fsp3) is 0.100. The van der Waals surface area contributed by atoms with E-state index in [0.29, 0.717) is 11.0 Å². The molecule has 0 fully saturated rings. The van der Waals surface area contributed by atoms with Crippen LogP contribution in [0.2, 0.25) is 5.02 Å². The number of benzene rings is 1. The Labute approximate surface area is 103 Å². The number of hydrogen-bond acceptors (Lipinski definition) is 5. The van der Waals surface area contributed by atoms with Crippen molar-refractivity contribution >= 4 is 35.2 Å². The topological polar surface area (TPSA) is 41.9 Å². The predicted octanol–water partition coefficient (Wildman–Crippen LogP) is 2.94. The van der Waals surface area contributed by atoms with Crippen LogP contribution in [0.4, 0.5) is 11.6 Å². The number of nitrogens with zero attached hydrogens (tertiary/aromatic N) is 4. The summed E-state index contributed by atoms with van der Waals surface area (Å²) in [6, 6.07) is 7.53. The molecule has 0 aliphatic heterocycles. The van der Waals surface area contributed by atoms with Gasteiger partial charge in [0.25, 0.3) is 0 Å². The third kappa shape index (κ3) is 2.43. The van der Waals surface area contributed by atoms with E-state index in [9.17, 15) is 0 Å². The number of anilines is 2. The van der Waals surface area contributed by atoms with Gasteiger partial charge in [0.15, 0.2) is 0 Å². The Kier molecular flexibility index (Phi) is 3.58. The van der Waals surface area contributed by atoms with Crippen molar-refractivity contribution in [3.05, 3.63) is 41.9 Å². The number of hydrogen-bond donors (Lipinski definition) is 0. The van der Waals surface area contributed by atoms with Crippen molar-refractivity contribution in [1.82, 2.24) is 15.0 Å². The standard InChI is InChI=1S/C10H9ClN4S/c1-16-15(10-13-6-12-7-14-10)9-4-2-3-8(11)5-9/h2-7H,1H3. The second-order valence-electron chi connectivity index (χ2n) is 2.90. The molecule has 0 unspecified atom stereocenters. The van der Waals surface area contributed by atoms with E-state index >= 15 is 0 Å². The molecule has 0 saturated heterocycles. The van der Waals surface area contributed by atoms with E-state index in [-0.39, 0.29) is 0 Å².